The highest BCUT2D eigenvalue weighted by Crippen LogP contribution is 2.58. The van der Waals surface area contributed by atoms with Crippen LogP contribution in [0.2, 0.25) is 0 Å². The van der Waals surface area contributed by atoms with Crippen molar-refractivity contribution in [2.75, 3.05) is 5.32 Å². The lowest BCUT2D eigenvalue weighted by atomic mass is 10.1. The summed E-state index contributed by atoms with van der Waals surface area (Å²) < 4.78 is 0. The Morgan fingerprint density at radius 3 is 2.48 bits per heavy atom. The third-order valence-electron chi connectivity index (χ3n) is 3.95. The number of amides is 2. The molecule has 1 saturated carbocycles. The first-order valence-corrected chi connectivity index (χ1v) is 6.64. The Balaban J connectivity index is 2.07. The van der Waals surface area contributed by atoms with E-state index in [2.05, 4.69) is 5.32 Å². The Bertz CT molecular complexity index is 609. The average Bonchev–Trinajstić information content (AvgIpc) is 2.92. The van der Waals surface area contributed by atoms with Crippen LogP contribution >= 0.6 is 0 Å². The Kier molecular flexibility index (Phi) is 3.72. The quantitative estimate of drug-likeness (QED) is 0.751. The van der Waals surface area contributed by atoms with Crippen molar-refractivity contribution in [1.82, 2.24) is 0 Å². The first kappa shape index (κ1) is 15.0. The van der Waals surface area contributed by atoms with Gasteiger partial charge in [0.1, 0.15) is 0 Å². The van der Waals surface area contributed by atoms with E-state index in [1.807, 2.05) is 0 Å². The summed E-state index contributed by atoms with van der Waals surface area (Å²) in [6.45, 7) is 3.53. The normalized spacial score (nSPS) is 22.4. The van der Waals surface area contributed by atoms with Crippen LogP contribution in [0.15, 0.2) is 24.3 Å². The standard InChI is InChI=1S/C15H18N2O4/c1-15(2)11(12(15)14(20)21)13(19)17-9-5-3-4-8(6-9)7-10(16)18/h3-6,11-12H,7H2,1-2H3,(H2,16,18)(H,17,19)(H,20,21)/t11-,12-/m0/s1. The van der Waals surface area contributed by atoms with Crippen molar-refractivity contribution in [3.63, 3.8) is 0 Å². The molecule has 1 aliphatic carbocycles. The largest absolute Gasteiger partial charge is 0.481 e. The molecule has 0 aliphatic heterocycles. The summed E-state index contributed by atoms with van der Waals surface area (Å²) in [5.74, 6) is -2.93. The van der Waals surface area contributed by atoms with Crippen LogP contribution in [0.5, 0.6) is 0 Å². The summed E-state index contributed by atoms with van der Waals surface area (Å²) in [4.78, 5) is 34.2. The van der Waals surface area contributed by atoms with Crippen molar-refractivity contribution >= 4 is 23.5 Å². The highest BCUT2D eigenvalue weighted by atomic mass is 16.4. The second kappa shape index (κ2) is 5.20. The Morgan fingerprint density at radius 2 is 1.95 bits per heavy atom. The molecule has 4 N–H and O–H groups in total. The summed E-state index contributed by atoms with van der Waals surface area (Å²) in [6, 6.07) is 6.80. The first-order valence-electron chi connectivity index (χ1n) is 6.64. The van der Waals surface area contributed by atoms with E-state index in [4.69, 9.17) is 10.8 Å². The molecule has 1 aromatic carbocycles. The predicted molar refractivity (Wildman–Crippen MR) is 76.4 cm³/mol. The molecule has 2 rings (SSSR count). The smallest absolute Gasteiger partial charge is 0.307 e. The monoisotopic (exact) mass is 290 g/mol. The molecule has 0 heterocycles. The highest BCUT2D eigenvalue weighted by molar-refractivity contribution is 5.99. The van der Waals surface area contributed by atoms with E-state index in [0.29, 0.717) is 11.3 Å². The van der Waals surface area contributed by atoms with Crippen molar-refractivity contribution in [3.05, 3.63) is 29.8 Å². The molecule has 112 valence electrons. The van der Waals surface area contributed by atoms with Gasteiger partial charge in [-0.3, -0.25) is 14.4 Å². The van der Waals surface area contributed by atoms with Gasteiger partial charge in [-0.25, -0.2) is 0 Å². The minimum absolute atomic E-state index is 0.0936. The molecule has 1 fully saturated rings. The molecular weight excluding hydrogens is 272 g/mol. The molecule has 0 bridgehead atoms. The second-order valence-corrected chi connectivity index (χ2v) is 5.95. The van der Waals surface area contributed by atoms with Gasteiger partial charge in [-0.1, -0.05) is 26.0 Å². The molecule has 2 amide bonds. The fraction of sp³-hybridized carbons (Fsp3) is 0.400. The maximum Gasteiger partial charge on any atom is 0.307 e. The number of aliphatic carboxylic acids is 1. The average molecular weight is 290 g/mol. The number of benzene rings is 1. The number of anilines is 1. The summed E-state index contributed by atoms with van der Waals surface area (Å²) >= 11 is 0. The van der Waals surface area contributed by atoms with E-state index in [1.54, 1.807) is 38.1 Å². The van der Waals surface area contributed by atoms with Gasteiger partial charge in [0.05, 0.1) is 18.3 Å². The van der Waals surface area contributed by atoms with Crippen molar-refractivity contribution in [3.8, 4) is 0 Å². The summed E-state index contributed by atoms with van der Waals surface area (Å²) in [6.07, 6.45) is 0.0936. The second-order valence-electron chi connectivity index (χ2n) is 5.95. The number of carbonyl (C=O) groups excluding carboxylic acids is 2. The number of rotatable bonds is 5. The van der Waals surface area contributed by atoms with Gasteiger partial charge in [-0.2, -0.15) is 0 Å². The lowest BCUT2D eigenvalue weighted by Crippen LogP contribution is -2.18. The van der Waals surface area contributed by atoms with Gasteiger partial charge in [0, 0.05) is 5.69 Å². The van der Waals surface area contributed by atoms with E-state index in [-0.39, 0.29) is 12.3 Å². The number of hydrogen-bond donors (Lipinski definition) is 3. The summed E-state index contributed by atoms with van der Waals surface area (Å²) in [7, 11) is 0. The molecule has 1 aromatic rings. The van der Waals surface area contributed by atoms with E-state index in [9.17, 15) is 14.4 Å². The van der Waals surface area contributed by atoms with E-state index in [0.717, 1.165) is 0 Å². The molecule has 0 saturated heterocycles. The topological polar surface area (TPSA) is 109 Å². The number of primary amides is 1. The number of carboxylic acids is 1. The summed E-state index contributed by atoms with van der Waals surface area (Å²) in [5, 5.41) is 11.8. The van der Waals surface area contributed by atoms with Crippen LogP contribution in [0.1, 0.15) is 19.4 Å². The zero-order valence-corrected chi connectivity index (χ0v) is 11.9. The van der Waals surface area contributed by atoms with Crippen molar-refractivity contribution in [1.29, 1.82) is 0 Å². The maximum absolute atomic E-state index is 12.2. The Labute approximate surface area is 122 Å². The first-order chi connectivity index (χ1) is 9.73. The number of hydrogen-bond acceptors (Lipinski definition) is 3. The van der Waals surface area contributed by atoms with Crippen molar-refractivity contribution < 1.29 is 19.5 Å². The fourth-order valence-corrected chi connectivity index (χ4v) is 2.77. The lowest BCUT2D eigenvalue weighted by Gasteiger charge is -2.07. The van der Waals surface area contributed by atoms with Gasteiger partial charge < -0.3 is 16.2 Å². The highest BCUT2D eigenvalue weighted by Gasteiger charge is 2.65. The van der Waals surface area contributed by atoms with Crippen LogP contribution in [0.3, 0.4) is 0 Å². The molecule has 0 aromatic heterocycles. The van der Waals surface area contributed by atoms with Crippen LogP contribution in [0, 0.1) is 17.3 Å². The third-order valence-corrected chi connectivity index (χ3v) is 3.95. The van der Waals surface area contributed by atoms with Gasteiger partial charge in [-0.15, -0.1) is 0 Å². The van der Waals surface area contributed by atoms with Crippen LogP contribution in [0.25, 0.3) is 0 Å². The minimum atomic E-state index is -0.956. The molecule has 6 nitrogen and oxygen atoms in total. The number of nitrogens with two attached hydrogens (primary N) is 1. The van der Waals surface area contributed by atoms with Crippen LogP contribution in [0.4, 0.5) is 5.69 Å². The van der Waals surface area contributed by atoms with Gasteiger partial charge in [0.15, 0.2) is 0 Å². The van der Waals surface area contributed by atoms with Crippen molar-refractivity contribution in [2.45, 2.75) is 20.3 Å². The maximum atomic E-state index is 12.2. The lowest BCUT2D eigenvalue weighted by molar-refractivity contribution is -0.140. The SMILES string of the molecule is CC1(C)[C@H](C(=O)O)[C@H]1C(=O)Nc1cccc(CC(N)=O)c1. The van der Waals surface area contributed by atoms with Gasteiger partial charge in [0.2, 0.25) is 11.8 Å². The zero-order chi connectivity index (χ0) is 15.8. The van der Waals surface area contributed by atoms with Crippen LogP contribution in [-0.2, 0) is 20.8 Å². The van der Waals surface area contributed by atoms with E-state index >= 15 is 0 Å². The van der Waals surface area contributed by atoms with Crippen molar-refractivity contribution in [2.24, 2.45) is 23.0 Å². The summed E-state index contributed by atoms with van der Waals surface area (Å²) in [5.41, 5.74) is 5.82. The predicted octanol–water partition coefficient (Wildman–Crippen LogP) is 1.01. The van der Waals surface area contributed by atoms with Gasteiger partial charge >= 0.3 is 5.97 Å². The van der Waals surface area contributed by atoms with E-state index in [1.165, 1.54) is 0 Å². The third kappa shape index (κ3) is 3.04. The van der Waals surface area contributed by atoms with Crippen LogP contribution in [-0.4, -0.2) is 22.9 Å². The molecule has 1 aliphatic rings. The molecule has 6 heteroatoms. The number of nitrogens with one attached hydrogen (secondary N) is 1. The fourth-order valence-electron chi connectivity index (χ4n) is 2.77. The molecule has 0 radical (unpaired) electrons. The molecule has 0 unspecified atom stereocenters. The van der Waals surface area contributed by atoms with E-state index < -0.39 is 29.1 Å². The zero-order valence-electron chi connectivity index (χ0n) is 11.9. The molecule has 0 spiro atoms. The minimum Gasteiger partial charge on any atom is -0.481 e. The van der Waals surface area contributed by atoms with Crippen LogP contribution < -0.4 is 11.1 Å². The number of carboxylic acid groups (broad SMARTS) is 1. The molecular formula is C15H18N2O4. The number of carbonyl (C=O) groups is 3. The molecule has 21 heavy (non-hydrogen) atoms. The Hall–Kier alpha value is -2.37. The van der Waals surface area contributed by atoms with Gasteiger partial charge in [0.25, 0.3) is 0 Å². The molecule has 2 atom stereocenters. The Morgan fingerprint density at radius 1 is 1.29 bits per heavy atom. The van der Waals surface area contributed by atoms with Gasteiger partial charge in [-0.05, 0) is 23.1 Å².